The minimum absolute atomic E-state index is 0. The zero-order chi connectivity index (χ0) is 12.1. The fourth-order valence-corrected chi connectivity index (χ4v) is 2.56. The van der Waals surface area contributed by atoms with Crippen molar-refractivity contribution in [3.63, 3.8) is 0 Å². The largest absolute Gasteiger partial charge is 0.319 e. The Hall–Kier alpha value is -0.640. The molecule has 1 aromatic heterocycles. The third kappa shape index (κ3) is 4.23. The lowest BCUT2D eigenvalue weighted by Crippen LogP contribution is -2.36. The summed E-state index contributed by atoms with van der Waals surface area (Å²) < 4.78 is 0. The van der Waals surface area contributed by atoms with Crippen LogP contribution in [0.3, 0.4) is 0 Å². The lowest BCUT2D eigenvalue weighted by Gasteiger charge is -2.32. The molecule has 0 amide bonds. The smallest absolute Gasteiger partial charge is 0.0417 e. The molecule has 3 nitrogen and oxygen atoms in total. The molecule has 1 aromatic rings. The van der Waals surface area contributed by atoms with E-state index in [4.69, 9.17) is 0 Å². The molecule has 0 saturated carbocycles. The predicted octanol–water partition coefficient (Wildman–Crippen LogP) is 2.24. The zero-order valence-electron chi connectivity index (χ0n) is 11.4. The second kappa shape index (κ2) is 7.72. The molecule has 0 bridgehead atoms. The van der Waals surface area contributed by atoms with E-state index in [0.29, 0.717) is 0 Å². The van der Waals surface area contributed by atoms with Crippen molar-refractivity contribution in [3.05, 3.63) is 29.6 Å². The van der Waals surface area contributed by atoms with Gasteiger partial charge in [0.15, 0.2) is 0 Å². The number of aromatic nitrogens is 1. The monoisotopic (exact) mass is 269 g/mol. The second-order valence-electron chi connectivity index (χ2n) is 5.03. The molecular weight excluding hydrogens is 246 g/mol. The summed E-state index contributed by atoms with van der Waals surface area (Å²) in [5, 5.41) is 3.28. The molecule has 102 valence electrons. The van der Waals surface area contributed by atoms with Crippen molar-refractivity contribution in [3.8, 4) is 0 Å². The Morgan fingerprint density at radius 3 is 2.72 bits per heavy atom. The van der Waals surface area contributed by atoms with Crippen LogP contribution in [0.4, 0.5) is 0 Å². The van der Waals surface area contributed by atoms with E-state index in [1.807, 2.05) is 19.3 Å². The van der Waals surface area contributed by atoms with Crippen molar-refractivity contribution in [1.29, 1.82) is 0 Å². The topological polar surface area (TPSA) is 28.2 Å². The second-order valence-corrected chi connectivity index (χ2v) is 5.03. The molecule has 2 heterocycles. The third-order valence-electron chi connectivity index (χ3n) is 3.71. The summed E-state index contributed by atoms with van der Waals surface area (Å²) in [6, 6.07) is 4.23. The summed E-state index contributed by atoms with van der Waals surface area (Å²) >= 11 is 0. The molecule has 2 rings (SSSR count). The molecule has 4 heteroatoms. The fraction of sp³-hybridized carbons (Fsp3) is 0.643. The number of aryl methyl sites for hydroxylation is 1. The molecule has 1 aliphatic rings. The minimum atomic E-state index is 0. The van der Waals surface area contributed by atoms with Crippen molar-refractivity contribution >= 4 is 12.4 Å². The van der Waals surface area contributed by atoms with E-state index in [0.717, 1.165) is 12.5 Å². The molecule has 0 aliphatic carbocycles. The number of likely N-dealkylation sites (tertiary alicyclic amines) is 1. The summed E-state index contributed by atoms with van der Waals surface area (Å²) in [5.41, 5.74) is 2.55. The van der Waals surface area contributed by atoms with E-state index in [-0.39, 0.29) is 12.4 Å². The fourth-order valence-electron chi connectivity index (χ4n) is 2.56. The van der Waals surface area contributed by atoms with E-state index in [9.17, 15) is 0 Å². The number of hydrogen-bond acceptors (Lipinski definition) is 3. The van der Waals surface area contributed by atoms with Crippen LogP contribution in [0.25, 0.3) is 0 Å². The van der Waals surface area contributed by atoms with E-state index in [1.165, 1.54) is 43.7 Å². The van der Waals surface area contributed by atoms with E-state index < -0.39 is 0 Å². The molecule has 1 fully saturated rings. The number of nitrogens with one attached hydrogen (secondary N) is 1. The van der Waals surface area contributed by atoms with Crippen LogP contribution in [0.15, 0.2) is 18.3 Å². The van der Waals surface area contributed by atoms with Crippen LogP contribution in [0.1, 0.15) is 24.1 Å². The Morgan fingerprint density at radius 1 is 1.39 bits per heavy atom. The highest BCUT2D eigenvalue weighted by molar-refractivity contribution is 5.85. The van der Waals surface area contributed by atoms with Crippen molar-refractivity contribution in [2.45, 2.75) is 26.3 Å². The highest BCUT2D eigenvalue weighted by atomic mass is 35.5. The molecule has 1 N–H and O–H groups in total. The molecule has 0 unspecified atom stereocenters. The first kappa shape index (κ1) is 15.4. The molecule has 18 heavy (non-hydrogen) atoms. The van der Waals surface area contributed by atoms with Crippen LogP contribution in [0.5, 0.6) is 0 Å². The normalized spacial score (nSPS) is 17.4. The molecule has 0 atom stereocenters. The number of hydrogen-bond donors (Lipinski definition) is 1. The van der Waals surface area contributed by atoms with Gasteiger partial charge in [0.2, 0.25) is 0 Å². The van der Waals surface area contributed by atoms with Gasteiger partial charge >= 0.3 is 0 Å². The number of rotatable bonds is 4. The first-order chi connectivity index (χ1) is 8.29. The summed E-state index contributed by atoms with van der Waals surface area (Å²) in [7, 11) is 2.05. The van der Waals surface area contributed by atoms with Gasteiger partial charge in [-0.1, -0.05) is 6.07 Å². The highest BCUT2D eigenvalue weighted by Gasteiger charge is 2.18. The Labute approximate surface area is 116 Å². The quantitative estimate of drug-likeness (QED) is 0.909. The molecule has 0 radical (unpaired) electrons. The SMILES string of the molecule is CNCC1CCN(Cc2cccnc2C)CC1.Cl. The third-order valence-corrected chi connectivity index (χ3v) is 3.71. The van der Waals surface area contributed by atoms with E-state index >= 15 is 0 Å². The van der Waals surface area contributed by atoms with Crippen LogP contribution in [0.2, 0.25) is 0 Å². The van der Waals surface area contributed by atoms with Crippen molar-refractivity contribution < 1.29 is 0 Å². The number of piperidine rings is 1. The lowest BCUT2D eigenvalue weighted by atomic mass is 9.96. The maximum atomic E-state index is 4.35. The standard InChI is InChI=1S/C14H23N3.ClH/c1-12-14(4-3-7-16-12)11-17-8-5-13(6-9-17)10-15-2;/h3-4,7,13,15H,5-6,8-11H2,1-2H3;1H. The van der Waals surface area contributed by atoms with Gasteiger partial charge in [-0.25, -0.2) is 0 Å². The molecular formula is C14H24ClN3. The van der Waals surface area contributed by atoms with E-state index in [2.05, 4.69) is 28.2 Å². The number of halogens is 1. The number of pyridine rings is 1. The van der Waals surface area contributed by atoms with E-state index in [1.54, 1.807) is 0 Å². The van der Waals surface area contributed by atoms with Crippen LogP contribution >= 0.6 is 12.4 Å². The minimum Gasteiger partial charge on any atom is -0.319 e. The van der Waals surface area contributed by atoms with Crippen molar-refractivity contribution in [1.82, 2.24) is 15.2 Å². The zero-order valence-corrected chi connectivity index (χ0v) is 12.2. The predicted molar refractivity (Wildman–Crippen MR) is 78.1 cm³/mol. The van der Waals surface area contributed by atoms with Gasteiger partial charge in [0.1, 0.15) is 0 Å². The first-order valence-electron chi connectivity index (χ1n) is 6.57. The Balaban J connectivity index is 0.00000162. The maximum absolute atomic E-state index is 4.35. The van der Waals surface area contributed by atoms with Gasteiger partial charge in [-0.15, -0.1) is 12.4 Å². The highest BCUT2D eigenvalue weighted by Crippen LogP contribution is 2.18. The molecule has 1 saturated heterocycles. The average Bonchev–Trinajstić information content (AvgIpc) is 2.35. The van der Waals surface area contributed by atoms with Gasteiger partial charge in [0, 0.05) is 18.4 Å². The summed E-state index contributed by atoms with van der Waals surface area (Å²) in [6.45, 7) is 6.77. The first-order valence-corrected chi connectivity index (χ1v) is 6.57. The summed E-state index contributed by atoms with van der Waals surface area (Å²) in [6.07, 6.45) is 4.51. The molecule has 1 aliphatic heterocycles. The number of nitrogens with zero attached hydrogens (tertiary/aromatic N) is 2. The van der Waals surface area contributed by atoms with Gasteiger partial charge in [0.25, 0.3) is 0 Å². The van der Waals surface area contributed by atoms with Crippen LogP contribution in [-0.2, 0) is 6.54 Å². The Morgan fingerprint density at radius 2 is 2.11 bits per heavy atom. The van der Waals surface area contributed by atoms with Gasteiger partial charge in [0.05, 0.1) is 0 Å². The Bertz CT molecular complexity index is 349. The summed E-state index contributed by atoms with van der Waals surface area (Å²) in [4.78, 5) is 6.90. The van der Waals surface area contributed by atoms with Gasteiger partial charge in [-0.2, -0.15) is 0 Å². The van der Waals surface area contributed by atoms with Gasteiger partial charge in [-0.3, -0.25) is 9.88 Å². The van der Waals surface area contributed by atoms with Crippen molar-refractivity contribution in [2.24, 2.45) is 5.92 Å². The maximum Gasteiger partial charge on any atom is 0.0417 e. The van der Waals surface area contributed by atoms with Crippen molar-refractivity contribution in [2.75, 3.05) is 26.7 Å². The lowest BCUT2D eigenvalue weighted by molar-refractivity contribution is 0.176. The summed E-state index contributed by atoms with van der Waals surface area (Å²) in [5.74, 6) is 0.867. The Kier molecular flexibility index (Phi) is 6.61. The molecule has 0 aromatic carbocycles. The molecule has 0 spiro atoms. The van der Waals surface area contributed by atoms with Crippen LogP contribution < -0.4 is 5.32 Å². The van der Waals surface area contributed by atoms with Gasteiger partial charge < -0.3 is 5.32 Å². The van der Waals surface area contributed by atoms with Gasteiger partial charge in [-0.05, 0) is 64.0 Å². The van der Waals surface area contributed by atoms with Crippen LogP contribution in [-0.4, -0.2) is 36.6 Å². The average molecular weight is 270 g/mol. The van der Waals surface area contributed by atoms with Crippen LogP contribution in [0, 0.1) is 12.8 Å².